The monoisotopic (exact) mass is 289 g/mol. The van der Waals surface area contributed by atoms with Gasteiger partial charge in [-0.3, -0.25) is 9.59 Å². The van der Waals surface area contributed by atoms with Crippen molar-refractivity contribution in [2.45, 2.75) is 19.8 Å². The summed E-state index contributed by atoms with van der Waals surface area (Å²) >= 11 is 1.48. The number of rotatable bonds is 4. The summed E-state index contributed by atoms with van der Waals surface area (Å²) in [4.78, 5) is 26.9. The van der Waals surface area contributed by atoms with E-state index in [2.05, 4.69) is 0 Å². The number of anilines is 1. The van der Waals surface area contributed by atoms with Crippen LogP contribution in [0.25, 0.3) is 0 Å². The van der Waals surface area contributed by atoms with Crippen LogP contribution in [0.4, 0.5) is 5.69 Å². The van der Waals surface area contributed by atoms with Gasteiger partial charge in [0.15, 0.2) is 5.78 Å². The molecule has 1 aromatic rings. The minimum absolute atomic E-state index is 0.0309. The lowest BCUT2D eigenvalue weighted by atomic mass is 9.98. The number of thioether (sulfide) groups is 1. The first-order chi connectivity index (χ1) is 9.47. The molecule has 1 heterocycles. The normalized spacial score (nSPS) is 18.6. The Morgan fingerprint density at radius 1 is 1.35 bits per heavy atom. The maximum Gasteiger partial charge on any atom is 0.239 e. The molecular weight excluding hydrogens is 270 g/mol. The lowest BCUT2D eigenvalue weighted by molar-refractivity contribution is -0.118. The van der Waals surface area contributed by atoms with Crippen LogP contribution >= 0.6 is 11.8 Å². The summed E-state index contributed by atoms with van der Waals surface area (Å²) in [5.74, 6) is -0.298. The number of amides is 1. The highest BCUT2D eigenvalue weighted by molar-refractivity contribution is 8.02. The van der Waals surface area contributed by atoms with Crippen LogP contribution in [0.2, 0.25) is 0 Å². The fourth-order valence-corrected chi connectivity index (χ4v) is 3.02. The van der Waals surface area contributed by atoms with Crippen molar-refractivity contribution in [3.63, 3.8) is 0 Å². The van der Waals surface area contributed by atoms with E-state index in [0.717, 1.165) is 16.2 Å². The highest BCUT2D eigenvalue weighted by Gasteiger charge is 2.37. The summed E-state index contributed by atoms with van der Waals surface area (Å²) < 4.78 is 0. The number of carbonyl (C=O) groups excluding carboxylic acids is 2. The number of benzene rings is 1. The molecule has 0 saturated heterocycles. The van der Waals surface area contributed by atoms with Crippen LogP contribution < -0.4 is 4.90 Å². The summed E-state index contributed by atoms with van der Waals surface area (Å²) in [6.45, 7) is 3.74. The lowest BCUT2D eigenvalue weighted by Gasteiger charge is -2.13. The Balaban J connectivity index is 2.46. The first-order valence-corrected chi connectivity index (χ1v) is 7.85. The summed E-state index contributed by atoms with van der Waals surface area (Å²) in [6.07, 6.45) is 3.54. The number of fused-ring (bicyclic) bond motifs is 1. The van der Waals surface area contributed by atoms with Gasteiger partial charge in [0.05, 0.1) is 5.92 Å². The molecule has 2 rings (SSSR count). The first kappa shape index (κ1) is 14.9. The van der Waals surface area contributed by atoms with Gasteiger partial charge in [-0.15, -0.1) is 11.8 Å². The largest absolute Gasteiger partial charge is 0.314 e. The minimum Gasteiger partial charge on any atom is -0.314 e. The fraction of sp³-hybridized carbons (Fsp3) is 0.375. The number of carbonyl (C=O) groups is 2. The van der Waals surface area contributed by atoms with Crippen LogP contribution in [0.3, 0.4) is 0 Å². The third-order valence-electron chi connectivity index (χ3n) is 3.56. The zero-order chi connectivity index (χ0) is 14.9. The molecule has 1 amide bonds. The summed E-state index contributed by atoms with van der Waals surface area (Å²) in [6, 6.07) is 7.76. The van der Waals surface area contributed by atoms with E-state index in [1.165, 1.54) is 11.8 Å². The molecule has 0 saturated carbocycles. The molecule has 3 nitrogen and oxygen atoms in total. The van der Waals surface area contributed by atoms with Crippen molar-refractivity contribution in [1.82, 2.24) is 0 Å². The van der Waals surface area contributed by atoms with Gasteiger partial charge in [-0.25, -0.2) is 0 Å². The molecule has 1 aliphatic rings. The van der Waals surface area contributed by atoms with Crippen LogP contribution in [0.1, 0.15) is 25.3 Å². The van der Waals surface area contributed by atoms with Gasteiger partial charge in [0.25, 0.3) is 0 Å². The third-order valence-corrected chi connectivity index (χ3v) is 4.39. The van der Waals surface area contributed by atoms with E-state index < -0.39 is 0 Å². The molecule has 0 aromatic heterocycles. The van der Waals surface area contributed by atoms with E-state index in [-0.39, 0.29) is 23.5 Å². The molecule has 1 atom stereocenters. The van der Waals surface area contributed by atoms with Crippen molar-refractivity contribution in [2.75, 3.05) is 18.2 Å². The molecular formula is C16H19NO2S. The average molecular weight is 289 g/mol. The highest BCUT2D eigenvalue weighted by atomic mass is 32.2. The molecule has 106 valence electrons. The number of hydrogen-bond donors (Lipinski definition) is 0. The Hall–Kier alpha value is -1.55. The van der Waals surface area contributed by atoms with Crippen LogP contribution in [-0.2, 0) is 9.59 Å². The van der Waals surface area contributed by atoms with Gasteiger partial charge in [0.1, 0.15) is 0 Å². The Morgan fingerprint density at radius 3 is 2.60 bits per heavy atom. The van der Waals surface area contributed by atoms with Gasteiger partial charge in [-0.1, -0.05) is 32.0 Å². The number of ketones is 1. The molecule has 0 N–H and O–H groups in total. The number of likely N-dealkylation sites (N-methyl/N-ethyl adjacent to an activating group) is 1. The number of hydrogen-bond acceptors (Lipinski definition) is 3. The van der Waals surface area contributed by atoms with Crippen molar-refractivity contribution in [3.05, 3.63) is 40.8 Å². The summed E-state index contributed by atoms with van der Waals surface area (Å²) in [5, 5.41) is 0. The molecule has 1 aromatic carbocycles. The van der Waals surface area contributed by atoms with Gasteiger partial charge in [-0.2, -0.15) is 0 Å². The lowest BCUT2D eigenvalue weighted by Crippen LogP contribution is -2.24. The number of para-hydroxylation sites is 1. The molecule has 4 heteroatoms. The van der Waals surface area contributed by atoms with Crippen molar-refractivity contribution < 1.29 is 9.59 Å². The van der Waals surface area contributed by atoms with Crippen molar-refractivity contribution in [1.29, 1.82) is 0 Å². The molecule has 0 spiro atoms. The predicted octanol–water partition coefficient (Wildman–Crippen LogP) is 3.22. The van der Waals surface area contributed by atoms with E-state index in [4.69, 9.17) is 0 Å². The number of nitrogens with zero attached hydrogens (tertiary/aromatic N) is 1. The van der Waals surface area contributed by atoms with Crippen molar-refractivity contribution in [3.8, 4) is 0 Å². The second kappa shape index (κ2) is 5.83. The second-order valence-electron chi connectivity index (χ2n) is 5.20. The third kappa shape index (κ3) is 2.52. The highest BCUT2D eigenvalue weighted by Crippen LogP contribution is 2.43. The average Bonchev–Trinajstić information content (AvgIpc) is 2.69. The Kier molecular flexibility index (Phi) is 4.33. The van der Waals surface area contributed by atoms with E-state index >= 15 is 0 Å². The molecule has 0 fully saturated rings. The van der Waals surface area contributed by atoms with Gasteiger partial charge in [-0.05, 0) is 24.0 Å². The Morgan fingerprint density at radius 2 is 2.00 bits per heavy atom. The van der Waals surface area contributed by atoms with Crippen molar-refractivity contribution in [2.24, 2.45) is 5.92 Å². The zero-order valence-electron chi connectivity index (χ0n) is 12.2. The van der Waals surface area contributed by atoms with E-state index in [0.29, 0.717) is 0 Å². The van der Waals surface area contributed by atoms with E-state index in [9.17, 15) is 9.59 Å². The van der Waals surface area contributed by atoms with Crippen LogP contribution in [0.5, 0.6) is 0 Å². The molecule has 0 aliphatic carbocycles. The van der Waals surface area contributed by atoms with Crippen molar-refractivity contribution >= 4 is 29.1 Å². The quantitative estimate of drug-likeness (QED) is 0.799. The standard InChI is InChI=1S/C16H19NO2S/c1-10(2)13(18)9-14(20-4)15-11-7-5-6-8-12(11)17(3)16(15)19/h5-10,15H,1-4H3/b14-9-. The van der Waals surface area contributed by atoms with Gasteiger partial charge in [0.2, 0.25) is 5.91 Å². The summed E-state index contributed by atoms with van der Waals surface area (Å²) in [5.41, 5.74) is 1.91. The van der Waals surface area contributed by atoms with E-state index in [1.807, 2.05) is 44.4 Å². The number of allylic oxidation sites excluding steroid dienone is 1. The van der Waals surface area contributed by atoms with Gasteiger partial charge in [0, 0.05) is 23.6 Å². The maximum atomic E-state index is 12.5. The van der Waals surface area contributed by atoms with Crippen LogP contribution in [0, 0.1) is 5.92 Å². The minimum atomic E-state index is -0.339. The van der Waals surface area contributed by atoms with Gasteiger partial charge >= 0.3 is 0 Å². The zero-order valence-corrected chi connectivity index (χ0v) is 13.0. The second-order valence-corrected chi connectivity index (χ2v) is 6.08. The van der Waals surface area contributed by atoms with Gasteiger partial charge < -0.3 is 4.90 Å². The molecule has 1 unspecified atom stereocenters. The molecule has 0 radical (unpaired) electrons. The topological polar surface area (TPSA) is 37.4 Å². The predicted molar refractivity (Wildman–Crippen MR) is 84.0 cm³/mol. The fourth-order valence-electron chi connectivity index (χ4n) is 2.32. The maximum absolute atomic E-state index is 12.5. The summed E-state index contributed by atoms with van der Waals surface area (Å²) in [7, 11) is 1.78. The first-order valence-electron chi connectivity index (χ1n) is 6.63. The smallest absolute Gasteiger partial charge is 0.239 e. The molecule has 1 aliphatic heterocycles. The molecule has 20 heavy (non-hydrogen) atoms. The Bertz CT molecular complexity index is 578. The Labute approximate surface area is 124 Å². The van der Waals surface area contributed by atoms with Crippen LogP contribution in [0.15, 0.2) is 35.2 Å². The van der Waals surface area contributed by atoms with Crippen LogP contribution in [-0.4, -0.2) is 25.0 Å². The molecule has 0 bridgehead atoms. The SMILES string of the molecule is CS/C(=C\C(=O)C(C)C)C1C(=O)N(C)c2ccccc21. The van der Waals surface area contributed by atoms with E-state index in [1.54, 1.807) is 18.0 Å².